The van der Waals surface area contributed by atoms with E-state index in [0.29, 0.717) is 18.9 Å². The van der Waals surface area contributed by atoms with Crippen LogP contribution in [-0.4, -0.2) is 67.4 Å². The summed E-state index contributed by atoms with van der Waals surface area (Å²) >= 11 is 0. The molecule has 0 unspecified atom stereocenters. The second-order valence-corrected chi connectivity index (χ2v) is 7.30. The summed E-state index contributed by atoms with van der Waals surface area (Å²) in [4.78, 5) is 28.6. The van der Waals surface area contributed by atoms with Gasteiger partial charge in [0.25, 0.3) is 0 Å². The van der Waals surface area contributed by atoms with Gasteiger partial charge >= 0.3 is 0 Å². The van der Waals surface area contributed by atoms with Crippen LogP contribution in [-0.2, 0) is 9.59 Å². The highest BCUT2D eigenvalue weighted by Crippen LogP contribution is 2.18. The summed E-state index contributed by atoms with van der Waals surface area (Å²) in [5.41, 5.74) is 0.823. The van der Waals surface area contributed by atoms with Crippen molar-refractivity contribution in [3.63, 3.8) is 0 Å². The Hall–Kier alpha value is -1.34. The van der Waals surface area contributed by atoms with Gasteiger partial charge in [0.15, 0.2) is 0 Å². The largest absolute Gasteiger partial charge is 0.340 e. The second-order valence-electron chi connectivity index (χ2n) is 7.30. The summed E-state index contributed by atoms with van der Waals surface area (Å²) < 4.78 is 0. The van der Waals surface area contributed by atoms with E-state index in [9.17, 15) is 9.59 Å². The van der Waals surface area contributed by atoms with E-state index in [4.69, 9.17) is 0 Å². The van der Waals surface area contributed by atoms with Crippen LogP contribution in [0.3, 0.4) is 0 Å². The SMILES string of the molecule is Cl.Cl.O=C(CN1CCN(C(=O)CCC2CCNCC2)CC1)Nc1ccccc1. The minimum absolute atomic E-state index is 0. The lowest BCUT2D eigenvalue weighted by molar-refractivity contribution is -0.133. The average molecular weight is 431 g/mol. The number of nitrogens with one attached hydrogen (secondary N) is 2. The number of hydrogen-bond acceptors (Lipinski definition) is 4. The van der Waals surface area contributed by atoms with E-state index >= 15 is 0 Å². The van der Waals surface area contributed by atoms with Gasteiger partial charge in [-0.05, 0) is 50.4 Å². The highest BCUT2D eigenvalue weighted by molar-refractivity contribution is 5.92. The van der Waals surface area contributed by atoms with E-state index in [1.807, 2.05) is 35.2 Å². The number of piperidine rings is 1. The van der Waals surface area contributed by atoms with Crippen molar-refractivity contribution < 1.29 is 9.59 Å². The van der Waals surface area contributed by atoms with E-state index in [1.165, 1.54) is 12.8 Å². The van der Waals surface area contributed by atoms with E-state index in [1.54, 1.807) is 0 Å². The third-order valence-electron chi connectivity index (χ3n) is 5.37. The molecule has 0 atom stereocenters. The molecule has 2 saturated heterocycles. The first-order valence-corrected chi connectivity index (χ1v) is 9.76. The second kappa shape index (κ2) is 13.0. The van der Waals surface area contributed by atoms with Crippen molar-refractivity contribution in [1.29, 1.82) is 0 Å². The predicted molar refractivity (Wildman–Crippen MR) is 117 cm³/mol. The third kappa shape index (κ3) is 7.95. The summed E-state index contributed by atoms with van der Waals surface area (Å²) in [5, 5.41) is 6.28. The van der Waals surface area contributed by atoms with E-state index < -0.39 is 0 Å². The first kappa shape index (κ1) is 24.7. The van der Waals surface area contributed by atoms with Crippen molar-refractivity contribution in [3.8, 4) is 0 Å². The molecule has 1 aromatic rings. The maximum absolute atomic E-state index is 12.4. The lowest BCUT2D eigenvalue weighted by atomic mass is 9.93. The van der Waals surface area contributed by atoms with Crippen molar-refractivity contribution in [2.75, 3.05) is 51.1 Å². The molecule has 1 aromatic carbocycles. The normalized spacial score (nSPS) is 17.9. The maximum atomic E-state index is 12.4. The number of rotatable bonds is 6. The van der Waals surface area contributed by atoms with Crippen LogP contribution in [0.2, 0.25) is 0 Å². The fraction of sp³-hybridized carbons (Fsp3) is 0.600. The molecule has 2 N–H and O–H groups in total. The summed E-state index contributed by atoms with van der Waals surface area (Å²) in [6.45, 7) is 5.53. The molecule has 3 rings (SSSR count). The van der Waals surface area contributed by atoms with Crippen molar-refractivity contribution in [2.24, 2.45) is 5.92 Å². The number of carbonyl (C=O) groups excluding carboxylic acids is 2. The van der Waals surface area contributed by atoms with Gasteiger partial charge in [0, 0.05) is 38.3 Å². The fourth-order valence-corrected chi connectivity index (χ4v) is 3.74. The number of anilines is 1. The zero-order valence-electron chi connectivity index (χ0n) is 16.3. The zero-order chi connectivity index (χ0) is 18.2. The van der Waals surface area contributed by atoms with Crippen LogP contribution in [0.1, 0.15) is 25.7 Å². The van der Waals surface area contributed by atoms with E-state index in [2.05, 4.69) is 15.5 Å². The molecule has 6 nitrogen and oxygen atoms in total. The summed E-state index contributed by atoms with van der Waals surface area (Å²) in [6.07, 6.45) is 4.06. The number of para-hydroxylation sites is 1. The van der Waals surface area contributed by atoms with Gasteiger partial charge in [-0.25, -0.2) is 0 Å². The molecule has 28 heavy (non-hydrogen) atoms. The first-order valence-electron chi connectivity index (χ1n) is 9.76. The van der Waals surface area contributed by atoms with Crippen LogP contribution in [0.5, 0.6) is 0 Å². The first-order chi connectivity index (χ1) is 12.7. The van der Waals surface area contributed by atoms with Crippen molar-refractivity contribution in [2.45, 2.75) is 25.7 Å². The molecule has 0 bridgehead atoms. The van der Waals surface area contributed by atoms with Crippen LogP contribution in [0.4, 0.5) is 5.69 Å². The Morgan fingerprint density at radius 1 is 1.00 bits per heavy atom. The monoisotopic (exact) mass is 430 g/mol. The lowest BCUT2D eigenvalue weighted by Crippen LogP contribution is -2.50. The highest BCUT2D eigenvalue weighted by Gasteiger charge is 2.23. The molecule has 2 amide bonds. The molecule has 0 spiro atoms. The molecule has 0 radical (unpaired) electrons. The quantitative estimate of drug-likeness (QED) is 0.726. The molecule has 0 aliphatic carbocycles. The van der Waals surface area contributed by atoms with Gasteiger partial charge in [-0.1, -0.05) is 18.2 Å². The summed E-state index contributed by atoms with van der Waals surface area (Å²) in [6, 6.07) is 9.51. The number of piperazine rings is 1. The minimum Gasteiger partial charge on any atom is -0.340 e. The maximum Gasteiger partial charge on any atom is 0.238 e. The molecule has 0 saturated carbocycles. The molecule has 0 aromatic heterocycles. The molecule has 158 valence electrons. The summed E-state index contributed by atoms with van der Waals surface area (Å²) in [7, 11) is 0. The van der Waals surface area contributed by atoms with Crippen LogP contribution < -0.4 is 10.6 Å². The van der Waals surface area contributed by atoms with Crippen LogP contribution in [0.15, 0.2) is 30.3 Å². The Morgan fingerprint density at radius 3 is 2.29 bits per heavy atom. The molecular formula is C20H32Cl2N4O2. The van der Waals surface area contributed by atoms with Gasteiger partial charge in [0.2, 0.25) is 11.8 Å². The number of carbonyl (C=O) groups is 2. The van der Waals surface area contributed by atoms with Crippen molar-refractivity contribution >= 4 is 42.3 Å². The standard InChI is InChI=1S/C20H30N4O2.2ClH/c25-19(22-18-4-2-1-3-5-18)16-23-12-14-24(15-13-23)20(26)7-6-17-8-10-21-11-9-17;;/h1-5,17,21H,6-16H2,(H,22,25);2*1H. The van der Waals surface area contributed by atoms with E-state index in [0.717, 1.165) is 51.4 Å². The van der Waals surface area contributed by atoms with Gasteiger partial charge in [-0.3, -0.25) is 14.5 Å². The molecule has 2 fully saturated rings. The Balaban J connectivity index is 0.00000196. The Labute approximate surface area is 180 Å². The average Bonchev–Trinajstić information content (AvgIpc) is 2.68. The Morgan fingerprint density at radius 2 is 1.64 bits per heavy atom. The predicted octanol–water partition coefficient (Wildman–Crippen LogP) is 2.39. The van der Waals surface area contributed by atoms with Crippen LogP contribution >= 0.6 is 24.8 Å². The van der Waals surface area contributed by atoms with Gasteiger partial charge in [-0.15, -0.1) is 24.8 Å². The van der Waals surface area contributed by atoms with Gasteiger partial charge in [-0.2, -0.15) is 0 Å². The third-order valence-corrected chi connectivity index (χ3v) is 5.37. The minimum atomic E-state index is 0. The fourth-order valence-electron chi connectivity index (χ4n) is 3.74. The molecular weight excluding hydrogens is 399 g/mol. The molecule has 2 aliphatic rings. The van der Waals surface area contributed by atoms with Crippen molar-refractivity contribution in [1.82, 2.24) is 15.1 Å². The number of halogens is 2. The van der Waals surface area contributed by atoms with Crippen molar-refractivity contribution in [3.05, 3.63) is 30.3 Å². The Bertz CT molecular complexity index is 589. The summed E-state index contributed by atoms with van der Waals surface area (Å²) in [5.74, 6) is 0.974. The van der Waals surface area contributed by atoms with Crippen LogP contribution in [0, 0.1) is 5.92 Å². The molecule has 2 aliphatic heterocycles. The van der Waals surface area contributed by atoms with Gasteiger partial charge in [0.05, 0.1) is 6.54 Å². The number of hydrogen-bond donors (Lipinski definition) is 2. The number of nitrogens with zero attached hydrogens (tertiary/aromatic N) is 2. The number of benzene rings is 1. The zero-order valence-corrected chi connectivity index (χ0v) is 17.9. The highest BCUT2D eigenvalue weighted by atomic mass is 35.5. The van der Waals surface area contributed by atoms with Gasteiger partial charge in [0.1, 0.15) is 0 Å². The Kier molecular flexibility index (Phi) is 11.5. The molecule has 2 heterocycles. The topological polar surface area (TPSA) is 64.7 Å². The molecule has 8 heteroatoms. The smallest absolute Gasteiger partial charge is 0.238 e. The lowest BCUT2D eigenvalue weighted by Gasteiger charge is -2.34. The van der Waals surface area contributed by atoms with Crippen LogP contribution in [0.25, 0.3) is 0 Å². The van der Waals surface area contributed by atoms with Gasteiger partial charge < -0.3 is 15.5 Å². The van der Waals surface area contributed by atoms with E-state index in [-0.39, 0.29) is 36.6 Å². The number of amides is 2.